The highest BCUT2D eigenvalue weighted by molar-refractivity contribution is 5.89. The minimum Gasteiger partial charge on any atom is -0.462 e. The van der Waals surface area contributed by atoms with Gasteiger partial charge in [0.25, 0.3) is 5.56 Å². The van der Waals surface area contributed by atoms with E-state index in [1.54, 1.807) is 17.6 Å². The van der Waals surface area contributed by atoms with Crippen molar-refractivity contribution in [1.29, 1.82) is 0 Å². The van der Waals surface area contributed by atoms with Gasteiger partial charge in [0.2, 0.25) is 0 Å². The van der Waals surface area contributed by atoms with Gasteiger partial charge in [0.05, 0.1) is 6.61 Å². The monoisotopic (exact) mass is 332 g/mol. The highest BCUT2D eigenvalue weighted by atomic mass is 16.5. The standard InChI is InChI=1S/C17H24N4O3/c1-2-24-17(23)14-12-13-8-5-3-4-6-9-15(13)21(16(14)22)11-7-10-19-20-18/h12H,2-11H2,1H3. The maximum absolute atomic E-state index is 12.8. The molecule has 0 unspecified atom stereocenters. The number of hydrogen-bond acceptors (Lipinski definition) is 4. The minimum absolute atomic E-state index is 0.111. The maximum Gasteiger partial charge on any atom is 0.343 e. The first kappa shape index (κ1) is 18.1. The minimum atomic E-state index is -0.559. The quantitative estimate of drug-likeness (QED) is 0.262. The summed E-state index contributed by atoms with van der Waals surface area (Å²) in [5.41, 5.74) is 10.3. The summed E-state index contributed by atoms with van der Waals surface area (Å²) in [5, 5.41) is 3.52. The van der Waals surface area contributed by atoms with Gasteiger partial charge >= 0.3 is 5.97 Å². The van der Waals surface area contributed by atoms with Crippen molar-refractivity contribution < 1.29 is 9.53 Å². The Morgan fingerprint density at radius 3 is 2.79 bits per heavy atom. The molecular formula is C17H24N4O3. The summed E-state index contributed by atoms with van der Waals surface area (Å²) < 4.78 is 6.73. The number of aryl methyl sites for hydroxylation is 1. The molecule has 1 aromatic heterocycles. The summed E-state index contributed by atoms with van der Waals surface area (Å²) in [5.74, 6) is -0.559. The van der Waals surface area contributed by atoms with Crippen LogP contribution < -0.4 is 5.56 Å². The fourth-order valence-corrected chi connectivity index (χ4v) is 3.17. The maximum atomic E-state index is 12.8. The smallest absolute Gasteiger partial charge is 0.343 e. The molecule has 1 aromatic rings. The Morgan fingerprint density at radius 1 is 1.33 bits per heavy atom. The number of esters is 1. The lowest BCUT2D eigenvalue weighted by atomic mass is 9.95. The van der Waals surface area contributed by atoms with E-state index < -0.39 is 5.97 Å². The molecule has 2 rings (SSSR count). The Hall–Kier alpha value is -2.27. The second-order valence-corrected chi connectivity index (χ2v) is 5.93. The van der Waals surface area contributed by atoms with E-state index in [9.17, 15) is 9.59 Å². The second-order valence-electron chi connectivity index (χ2n) is 5.93. The number of fused-ring (bicyclic) bond motifs is 1. The number of rotatable bonds is 6. The number of aromatic nitrogens is 1. The van der Waals surface area contributed by atoms with Crippen molar-refractivity contribution in [3.63, 3.8) is 0 Å². The summed E-state index contributed by atoms with van der Waals surface area (Å²) >= 11 is 0. The topological polar surface area (TPSA) is 97.1 Å². The molecule has 0 radical (unpaired) electrons. The zero-order chi connectivity index (χ0) is 17.4. The summed E-state index contributed by atoms with van der Waals surface area (Å²) in [4.78, 5) is 27.6. The summed E-state index contributed by atoms with van der Waals surface area (Å²) in [6.45, 7) is 2.75. The van der Waals surface area contributed by atoms with Gasteiger partial charge in [-0.05, 0) is 56.2 Å². The van der Waals surface area contributed by atoms with Crippen LogP contribution in [0.4, 0.5) is 0 Å². The third-order valence-electron chi connectivity index (χ3n) is 4.30. The normalized spacial score (nSPS) is 14.0. The van der Waals surface area contributed by atoms with Crippen molar-refractivity contribution in [2.75, 3.05) is 13.2 Å². The van der Waals surface area contributed by atoms with Crippen LogP contribution in [0.1, 0.15) is 60.6 Å². The molecule has 0 aromatic carbocycles. The number of pyridine rings is 1. The van der Waals surface area contributed by atoms with Crippen LogP contribution in [-0.2, 0) is 24.1 Å². The molecular weight excluding hydrogens is 308 g/mol. The van der Waals surface area contributed by atoms with Crippen LogP contribution in [0.3, 0.4) is 0 Å². The second kappa shape index (κ2) is 9.13. The van der Waals surface area contributed by atoms with E-state index in [-0.39, 0.29) is 17.7 Å². The average Bonchev–Trinajstić information content (AvgIpc) is 2.54. The van der Waals surface area contributed by atoms with Gasteiger partial charge in [-0.15, -0.1) is 0 Å². The lowest BCUT2D eigenvalue weighted by Gasteiger charge is -2.20. The molecule has 0 spiro atoms. The molecule has 24 heavy (non-hydrogen) atoms. The van der Waals surface area contributed by atoms with E-state index in [2.05, 4.69) is 10.0 Å². The van der Waals surface area contributed by atoms with Gasteiger partial charge in [0, 0.05) is 23.7 Å². The molecule has 7 nitrogen and oxygen atoms in total. The summed E-state index contributed by atoms with van der Waals surface area (Å²) in [7, 11) is 0. The predicted octanol–water partition coefficient (Wildman–Crippen LogP) is 3.38. The number of nitrogens with zero attached hydrogens (tertiary/aromatic N) is 4. The van der Waals surface area contributed by atoms with Crippen molar-refractivity contribution >= 4 is 5.97 Å². The molecule has 0 saturated carbocycles. The molecule has 0 fully saturated rings. The first-order chi connectivity index (χ1) is 11.7. The van der Waals surface area contributed by atoms with Crippen molar-refractivity contribution in [3.8, 4) is 0 Å². The van der Waals surface area contributed by atoms with Crippen LogP contribution in [0.25, 0.3) is 10.4 Å². The van der Waals surface area contributed by atoms with Crippen LogP contribution in [-0.4, -0.2) is 23.7 Å². The largest absolute Gasteiger partial charge is 0.462 e. The van der Waals surface area contributed by atoms with Gasteiger partial charge in [-0.1, -0.05) is 18.0 Å². The number of azide groups is 1. The Balaban J connectivity index is 2.43. The van der Waals surface area contributed by atoms with Crippen LogP contribution in [0.5, 0.6) is 0 Å². The molecule has 1 heterocycles. The van der Waals surface area contributed by atoms with E-state index in [1.807, 2.05) is 0 Å². The van der Waals surface area contributed by atoms with Crippen molar-refractivity contribution in [2.45, 2.75) is 58.4 Å². The fraction of sp³-hybridized carbons (Fsp3) is 0.647. The van der Waals surface area contributed by atoms with E-state index in [4.69, 9.17) is 10.3 Å². The van der Waals surface area contributed by atoms with Crippen molar-refractivity contribution in [2.24, 2.45) is 5.11 Å². The number of carbonyl (C=O) groups excluding carboxylic acids is 1. The Bertz CT molecular complexity index is 690. The van der Waals surface area contributed by atoms with Gasteiger partial charge in [0.15, 0.2) is 0 Å². The molecule has 0 bridgehead atoms. The van der Waals surface area contributed by atoms with E-state index in [1.165, 1.54) is 6.42 Å². The Morgan fingerprint density at radius 2 is 2.08 bits per heavy atom. The Labute approximate surface area is 141 Å². The van der Waals surface area contributed by atoms with Crippen molar-refractivity contribution in [1.82, 2.24) is 4.57 Å². The Kier molecular flexibility index (Phi) is 6.88. The molecule has 0 saturated heterocycles. The van der Waals surface area contributed by atoms with Gasteiger partial charge in [-0.3, -0.25) is 4.79 Å². The fourth-order valence-electron chi connectivity index (χ4n) is 3.17. The highest BCUT2D eigenvalue weighted by Crippen LogP contribution is 2.20. The molecule has 0 aliphatic heterocycles. The van der Waals surface area contributed by atoms with Crippen LogP contribution >= 0.6 is 0 Å². The van der Waals surface area contributed by atoms with Crippen LogP contribution in [0, 0.1) is 0 Å². The third kappa shape index (κ3) is 4.38. The number of ether oxygens (including phenoxy) is 1. The molecule has 1 aliphatic carbocycles. The lowest BCUT2D eigenvalue weighted by molar-refractivity contribution is 0.0523. The zero-order valence-electron chi connectivity index (χ0n) is 14.2. The van der Waals surface area contributed by atoms with Gasteiger partial charge in [-0.2, -0.15) is 0 Å². The molecule has 0 N–H and O–H groups in total. The molecule has 130 valence electrons. The lowest BCUT2D eigenvalue weighted by Crippen LogP contribution is -2.31. The van der Waals surface area contributed by atoms with E-state index >= 15 is 0 Å². The van der Waals surface area contributed by atoms with E-state index in [0.29, 0.717) is 19.5 Å². The number of hydrogen-bond donors (Lipinski definition) is 0. The predicted molar refractivity (Wildman–Crippen MR) is 91.2 cm³/mol. The summed E-state index contributed by atoms with van der Waals surface area (Å²) in [6.07, 6.45) is 6.72. The molecule has 1 aliphatic rings. The molecule has 0 atom stereocenters. The van der Waals surface area contributed by atoms with Gasteiger partial charge < -0.3 is 9.30 Å². The first-order valence-corrected chi connectivity index (χ1v) is 8.62. The summed E-state index contributed by atoms with van der Waals surface area (Å²) in [6, 6.07) is 1.73. The van der Waals surface area contributed by atoms with Gasteiger partial charge in [0.1, 0.15) is 5.56 Å². The van der Waals surface area contributed by atoms with Crippen LogP contribution in [0.15, 0.2) is 16.0 Å². The SMILES string of the molecule is CCOC(=O)c1cc2c(n(CCCN=[N+]=[N-])c1=O)CCCCCC2. The third-order valence-corrected chi connectivity index (χ3v) is 4.30. The molecule has 7 heteroatoms. The number of carbonyl (C=O) groups is 1. The first-order valence-electron chi connectivity index (χ1n) is 8.62. The van der Waals surface area contributed by atoms with Crippen molar-refractivity contribution in [3.05, 3.63) is 43.7 Å². The van der Waals surface area contributed by atoms with E-state index in [0.717, 1.165) is 43.4 Å². The average molecular weight is 332 g/mol. The van der Waals surface area contributed by atoms with Crippen LogP contribution in [0.2, 0.25) is 0 Å². The van der Waals surface area contributed by atoms with Gasteiger partial charge in [-0.25, -0.2) is 4.79 Å². The highest BCUT2D eigenvalue weighted by Gasteiger charge is 2.20. The molecule has 0 amide bonds. The zero-order valence-corrected chi connectivity index (χ0v) is 14.2.